The average Bonchev–Trinajstić information content (AvgIpc) is 3.18. The molecule has 1 saturated heterocycles. The van der Waals surface area contributed by atoms with Gasteiger partial charge in [0, 0.05) is 17.5 Å². The number of benzene rings is 2. The number of hydrogen-bond donors (Lipinski definition) is 3. The van der Waals surface area contributed by atoms with E-state index in [4.69, 9.17) is 24.3 Å². The highest BCUT2D eigenvalue weighted by Crippen LogP contribution is 2.49. The average molecular weight is 575 g/mol. The Kier molecular flexibility index (Phi) is 8.96. The van der Waals surface area contributed by atoms with Crippen LogP contribution in [0.5, 0.6) is 5.75 Å². The van der Waals surface area contributed by atoms with Crippen LogP contribution in [0.4, 0.5) is 5.82 Å². The van der Waals surface area contributed by atoms with Gasteiger partial charge in [-0.2, -0.15) is 10.1 Å². The summed E-state index contributed by atoms with van der Waals surface area (Å²) in [6.45, 7) is 8.16. The molecule has 0 saturated carbocycles. The lowest BCUT2D eigenvalue weighted by Gasteiger charge is -2.29. The number of anilines is 1. The van der Waals surface area contributed by atoms with Crippen LogP contribution in [0.3, 0.4) is 0 Å². The highest BCUT2D eigenvalue weighted by molar-refractivity contribution is 7.52. The molecule has 0 radical (unpaired) electrons. The first-order valence-corrected chi connectivity index (χ1v) is 14.5. The fourth-order valence-electron chi connectivity index (χ4n) is 4.55. The zero-order valence-corrected chi connectivity index (χ0v) is 23.9. The third-order valence-corrected chi connectivity index (χ3v) is 8.29. The first-order valence-electron chi connectivity index (χ1n) is 13.0. The maximum atomic E-state index is 14.2. The van der Waals surface area contributed by atoms with Crippen molar-refractivity contribution in [3.05, 3.63) is 65.2 Å². The molecule has 2 heterocycles. The number of rotatable bonds is 10. The Balaban J connectivity index is 1.61. The predicted molar refractivity (Wildman–Crippen MR) is 149 cm³/mol. The maximum Gasteiger partial charge on any atom is 0.459 e. The summed E-state index contributed by atoms with van der Waals surface area (Å²) in [5, 5.41) is 15.2. The van der Waals surface area contributed by atoms with E-state index in [2.05, 4.69) is 10.1 Å². The molecular weight excluding hydrogens is 539 g/mol. The highest BCUT2D eigenvalue weighted by Gasteiger charge is 2.47. The van der Waals surface area contributed by atoms with Gasteiger partial charge in [0.1, 0.15) is 29.9 Å². The van der Waals surface area contributed by atoms with Crippen molar-refractivity contribution in [3.63, 3.8) is 0 Å². The van der Waals surface area contributed by atoms with Crippen LogP contribution in [-0.4, -0.2) is 51.1 Å². The summed E-state index contributed by atoms with van der Waals surface area (Å²) >= 11 is 0. The Morgan fingerprint density at radius 3 is 2.55 bits per heavy atom. The third kappa shape index (κ3) is 6.54. The van der Waals surface area contributed by atoms with E-state index in [9.17, 15) is 19.3 Å². The molecule has 0 aliphatic carbocycles. The zero-order chi connectivity index (χ0) is 29.2. The van der Waals surface area contributed by atoms with E-state index in [-0.39, 0.29) is 17.7 Å². The van der Waals surface area contributed by atoms with Crippen LogP contribution in [0, 0.1) is 5.92 Å². The van der Waals surface area contributed by atoms with E-state index >= 15 is 0 Å². The molecule has 2 aromatic carbocycles. The smallest absolute Gasteiger partial charge is 0.459 e. The molecule has 216 valence electrons. The maximum absolute atomic E-state index is 14.2. The molecule has 7 atom stereocenters. The molecule has 5 unspecified atom stereocenters. The van der Waals surface area contributed by atoms with Gasteiger partial charge in [-0.3, -0.25) is 13.9 Å². The summed E-state index contributed by atoms with van der Waals surface area (Å²) in [7, 11) is -4.30. The first-order chi connectivity index (χ1) is 18.9. The second-order valence-electron chi connectivity index (χ2n) is 10.1. The Bertz CT molecular complexity index is 1460. The van der Waals surface area contributed by atoms with E-state index in [0.29, 0.717) is 5.39 Å². The van der Waals surface area contributed by atoms with Crippen molar-refractivity contribution in [1.82, 2.24) is 14.6 Å². The van der Waals surface area contributed by atoms with Gasteiger partial charge in [-0.25, -0.2) is 9.36 Å². The van der Waals surface area contributed by atoms with Crippen molar-refractivity contribution in [2.24, 2.45) is 5.92 Å². The normalized spacial score (nSPS) is 24.0. The van der Waals surface area contributed by atoms with E-state index in [1.165, 1.54) is 23.8 Å². The minimum absolute atomic E-state index is 0.0587. The van der Waals surface area contributed by atoms with Crippen LogP contribution >= 0.6 is 7.75 Å². The number of aromatic nitrogens is 2. The minimum atomic E-state index is -4.30. The zero-order valence-electron chi connectivity index (χ0n) is 23.0. The Labute approximate surface area is 232 Å². The lowest BCUT2D eigenvalue weighted by molar-refractivity contribution is -0.149. The monoisotopic (exact) mass is 574 g/mol. The molecule has 12 nitrogen and oxygen atoms in total. The lowest BCUT2D eigenvalue weighted by Crippen LogP contribution is -2.40. The standard InChI is InChI=1S/C27H35N4O8P/c1-15(2)36-26(33)17(4)30-40(35,39-21-12-8-10-19-9-6-7-11-20(19)21)38-18(5)24-23(32)16(3)25(37-24)31-14-13-22(28)29-27(31)34/h6-18,23-25,32H,1-5H3,(H,30,35)(H2,28,29,34)/t16?,17?,18?,23?,24-,25-,40?/m1/s1. The summed E-state index contributed by atoms with van der Waals surface area (Å²) in [5.41, 5.74) is 4.96. The van der Waals surface area contributed by atoms with E-state index in [1.54, 1.807) is 39.8 Å². The van der Waals surface area contributed by atoms with Gasteiger partial charge in [0.25, 0.3) is 0 Å². The number of fused-ring (bicyclic) bond motifs is 1. The number of ether oxygens (including phenoxy) is 2. The van der Waals surface area contributed by atoms with Gasteiger partial charge in [0.05, 0.1) is 18.3 Å². The molecule has 1 aromatic heterocycles. The summed E-state index contributed by atoms with van der Waals surface area (Å²) in [4.78, 5) is 28.7. The van der Waals surface area contributed by atoms with Crippen molar-refractivity contribution in [2.45, 2.75) is 71.3 Å². The summed E-state index contributed by atoms with van der Waals surface area (Å²) in [6, 6.07) is 13.0. The number of aliphatic hydroxyl groups is 1. The van der Waals surface area contributed by atoms with Crippen molar-refractivity contribution in [1.29, 1.82) is 0 Å². The Morgan fingerprint density at radius 2 is 1.85 bits per heavy atom. The van der Waals surface area contributed by atoms with Crippen LogP contribution in [0.25, 0.3) is 10.8 Å². The van der Waals surface area contributed by atoms with Crippen molar-refractivity contribution in [3.8, 4) is 5.75 Å². The SMILES string of the molecule is CC(C)OC(=O)C(C)NP(=O)(Oc1cccc2ccccc12)OC(C)[C@H]1O[C@@H](n2ccc(N)nc2=O)C(C)C1O. The Hall–Kier alpha value is -3.28. The molecule has 1 aliphatic rings. The van der Waals surface area contributed by atoms with E-state index < -0.39 is 55.9 Å². The van der Waals surface area contributed by atoms with Gasteiger partial charge in [-0.1, -0.05) is 43.3 Å². The number of nitrogens with one attached hydrogen (secondary N) is 1. The van der Waals surface area contributed by atoms with Gasteiger partial charge < -0.3 is 24.8 Å². The topological polar surface area (TPSA) is 164 Å². The predicted octanol–water partition coefficient (Wildman–Crippen LogP) is 3.40. The Morgan fingerprint density at radius 1 is 1.15 bits per heavy atom. The second-order valence-corrected chi connectivity index (χ2v) is 11.7. The van der Waals surface area contributed by atoms with Crippen LogP contribution in [-0.2, 0) is 23.4 Å². The number of nitrogens with two attached hydrogens (primary N) is 1. The summed E-state index contributed by atoms with van der Waals surface area (Å²) < 4.78 is 38.7. The molecule has 13 heteroatoms. The van der Waals surface area contributed by atoms with Crippen LogP contribution in [0.1, 0.15) is 40.8 Å². The number of esters is 1. The van der Waals surface area contributed by atoms with Gasteiger partial charge in [-0.15, -0.1) is 0 Å². The van der Waals surface area contributed by atoms with Crippen LogP contribution in [0.15, 0.2) is 59.5 Å². The molecule has 0 spiro atoms. The number of hydrogen-bond acceptors (Lipinski definition) is 10. The largest absolute Gasteiger partial charge is 0.462 e. The number of aliphatic hydroxyl groups excluding tert-OH is 1. The van der Waals surface area contributed by atoms with E-state index in [1.807, 2.05) is 30.3 Å². The summed E-state index contributed by atoms with van der Waals surface area (Å²) in [5.74, 6) is -0.868. The molecule has 0 bridgehead atoms. The molecule has 1 fully saturated rings. The fraction of sp³-hybridized carbons (Fsp3) is 0.444. The second kappa shape index (κ2) is 12.1. The van der Waals surface area contributed by atoms with Gasteiger partial charge in [0.2, 0.25) is 0 Å². The fourth-order valence-corrected chi connectivity index (χ4v) is 6.26. The molecule has 1 aliphatic heterocycles. The van der Waals surface area contributed by atoms with Gasteiger partial charge in [-0.05, 0) is 45.2 Å². The van der Waals surface area contributed by atoms with Crippen LogP contribution < -0.4 is 21.0 Å². The quantitative estimate of drug-likeness (QED) is 0.240. The molecule has 40 heavy (non-hydrogen) atoms. The first kappa shape index (κ1) is 29.7. The molecular formula is C27H35N4O8P. The minimum Gasteiger partial charge on any atom is -0.462 e. The molecule has 3 aromatic rings. The third-order valence-electron chi connectivity index (χ3n) is 6.54. The molecule has 4 rings (SSSR count). The number of carbonyl (C=O) groups is 1. The number of carbonyl (C=O) groups excluding carboxylic acids is 1. The summed E-state index contributed by atoms with van der Waals surface area (Å²) in [6.07, 6.45) is -2.95. The van der Waals surface area contributed by atoms with Crippen molar-refractivity contribution < 1.29 is 33.0 Å². The molecule has 4 N–H and O–H groups in total. The van der Waals surface area contributed by atoms with Crippen molar-refractivity contribution in [2.75, 3.05) is 5.73 Å². The lowest BCUT2D eigenvalue weighted by atomic mass is 9.99. The molecule has 0 amide bonds. The van der Waals surface area contributed by atoms with E-state index in [0.717, 1.165) is 5.39 Å². The van der Waals surface area contributed by atoms with Crippen LogP contribution in [0.2, 0.25) is 0 Å². The van der Waals surface area contributed by atoms with Crippen molar-refractivity contribution >= 4 is 30.3 Å². The number of nitrogens with zero attached hydrogens (tertiary/aromatic N) is 2. The van der Waals surface area contributed by atoms with Gasteiger partial charge in [0.15, 0.2) is 0 Å². The van der Waals surface area contributed by atoms with Gasteiger partial charge >= 0.3 is 19.4 Å². The highest BCUT2D eigenvalue weighted by atomic mass is 31.2. The number of nitrogen functional groups attached to an aromatic ring is 1.